The molecule has 0 spiro atoms. The maximum Gasteiger partial charge on any atom is 0.184 e. The van der Waals surface area contributed by atoms with Gasteiger partial charge in [0.15, 0.2) is 12.6 Å². The van der Waals surface area contributed by atoms with Crippen molar-refractivity contribution in [2.75, 3.05) is 13.7 Å². The third-order valence-electron chi connectivity index (χ3n) is 4.40. The Balaban J connectivity index is 1.80. The van der Waals surface area contributed by atoms with Gasteiger partial charge in [0.1, 0.15) is 12.2 Å². The molecule has 1 N–H and O–H groups in total. The van der Waals surface area contributed by atoms with Crippen LogP contribution in [0.25, 0.3) is 0 Å². The van der Waals surface area contributed by atoms with Gasteiger partial charge in [0.2, 0.25) is 0 Å². The fourth-order valence-electron chi connectivity index (χ4n) is 3.31. The molecule has 5 heteroatoms. The van der Waals surface area contributed by atoms with Crippen molar-refractivity contribution < 1.29 is 24.1 Å². The molecule has 0 bridgehead atoms. The zero-order valence-electron chi connectivity index (χ0n) is 13.6. The second kappa shape index (κ2) is 7.11. The number of fused-ring (bicyclic) bond motifs is 1. The Kier molecular flexibility index (Phi) is 5.14. The molecule has 6 atom stereocenters. The summed E-state index contributed by atoms with van der Waals surface area (Å²) in [6.07, 6.45) is -1.72. The SMILES string of the molecule is C=C(C)C[C@H]1[C@H](O)[C@@H](OC)O[C@@H]2CO[C@@H](c3ccccc3)O[C@@H]12. The molecule has 0 aliphatic carbocycles. The largest absolute Gasteiger partial charge is 0.387 e. The van der Waals surface area contributed by atoms with E-state index in [9.17, 15) is 5.11 Å². The van der Waals surface area contributed by atoms with Crippen LogP contribution in [-0.4, -0.2) is 43.4 Å². The molecule has 2 fully saturated rings. The summed E-state index contributed by atoms with van der Waals surface area (Å²) >= 11 is 0. The zero-order chi connectivity index (χ0) is 16.4. The molecule has 0 amide bonds. The number of hydrogen-bond donors (Lipinski definition) is 1. The van der Waals surface area contributed by atoms with E-state index >= 15 is 0 Å². The lowest BCUT2D eigenvalue weighted by Gasteiger charge is -2.48. The first kappa shape index (κ1) is 16.6. The second-order valence-electron chi connectivity index (χ2n) is 6.27. The summed E-state index contributed by atoms with van der Waals surface area (Å²) in [5.41, 5.74) is 1.96. The summed E-state index contributed by atoms with van der Waals surface area (Å²) in [7, 11) is 1.53. The second-order valence-corrected chi connectivity index (χ2v) is 6.27. The van der Waals surface area contributed by atoms with E-state index in [-0.39, 0.29) is 18.1 Å². The van der Waals surface area contributed by atoms with Crippen LogP contribution in [-0.2, 0) is 18.9 Å². The van der Waals surface area contributed by atoms with Gasteiger partial charge in [-0.1, -0.05) is 35.9 Å². The summed E-state index contributed by atoms with van der Waals surface area (Å²) < 4.78 is 23.0. The predicted molar refractivity (Wildman–Crippen MR) is 84.6 cm³/mol. The average molecular weight is 320 g/mol. The van der Waals surface area contributed by atoms with E-state index in [1.165, 1.54) is 7.11 Å². The van der Waals surface area contributed by atoms with Gasteiger partial charge in [-0.2, -0.15) is 0 Å². The molecule has 23 heavy (non-hydrogen) atoms. The van der Waals surface area contributed by atoms with E-state index in [1.807, 2.05) is 37.3 Å². The first-order valence-electron chi connectivity index (χ1n) is 7.93. The number of hydrogen-bond acceptors (Lipinski definition) is 5. The minimum Gasteiger partial charge on any atom is -0.387 e. The number of benzene rings is 1. The molecule has 1 aromatic carbocycles. The van der Waals surface area contributed by atoms with Crippen LogP contribution in [0.5, 0.6) is 0 Å². The third-order valence-corrected chi connectivity index (χ3v) is 4.40. The van der Waals surface area contributed by atoms with Gasteiger partial charge in [-0.3, -0.25) is 0 Å². The lowest BCUT2D eigenvalue weighted by molar-refractivity contribution is -0.350. The monoisotopic (exact) mass is 320 g/mol. The summed E-state index contributed by atoms with van der Waals surface area (Å²) in [5.74, 6) is -0.133. The standard InChI is InChI=1S/C18H24O5/c1-11(2)9-13-15(19)18(20-3)22-14-10-21-17(23-16(13)14)12-7-5-4-6-8-12/h4-8,13-19H,1,9-10H2,2-3H3/t13-,14+,15-,16-,17+,18-/m0/s1. The minimum absolute atomic E-state index is 0.133. The van der Waals surface area contributed by atoms with E-state index in [4.69, 9.17) is 18.9 Å². The number of allylic oxidation sites excluding steroid dienone is 1. The van der Waals surface area contributed by atoms with Crippen LogP contribution >= 0.6 is 0 Å². The average Bonchev–Trinajstić information content (AvgIpc) is 2.57. The Morgan fingerprint density at radius 1 is 1.30 bits per heavy atom. The van der Waals surface area contributed by atoms with E-state index in [0.29, 0.717) is 13.0 Å². The zero-order valence-corrected chi connectivity index (χ0v) is 13.6. The predicted octanol–water partition coefficient (Wildman–Crippen LogP) is 2.42. The molecule has 126 valence electrons. The van der Waals surface area contributed by atoms with E-state index < -0.39 is 18.7 Å². The van der Waals surface area contributed by atoms with Crippen molar-refractivity contribution in [3.63, 3.8) is 0 Å². The molecule has 0 saturated carbocycles. The summed E-state index contributed by atoms with van der Waals surface area (Å²) in [6, 6.07) is 9.79. The lowest BCUT2D eigenvalue weighted by Crippen LogP contribution is -2.59. The highest BCUT2D eigenvalue weighted by Crippen LogP contribution is 2.39. The van der Waals surface area contributed by atoms with Gasteiger partial charge >= 0.3 is 0 Å². The van der Waals surface area contributed by atoms with Gasteiger partial charge < -0.3 is 24.1 Å². The fourth-order valence-corrected chi connectivity index (χ4v) is 3.31. The molecule has 2 saturated heterocycles. The number of methoxy groups -OCH3 is 1. The van der Waals surface area contributed by atoms with Crippen LogP contribution in [0.2, 0.25) is 0 Å². The Morgan fingerprint density at radius 3 is 2.70 bits per heavy atom. The Bertz CT molecular complexity index is 531. The van der Waals surface area contributed by atoms with Crippen molar-refractivity contribution in [3.05, 3.63) is 48.0 Å². The molecular weight excluding hydrogens is 296 g/mol. The molecule has 2 heterocycles. The van der Waals surface area contributed by atoms with Crippen molar-refractivity contribution in [2.24, 2.45) is 5.92 Å². The number of rotatable bonds is 4. The van der Waals surface area contributed by atoms with Crippen molar-refractivity contribution in [3.8, 4) is 0 Å². The van der Waals surface area contributed by atoms with Crippen molar-refractivity contribution >= 4 is 0 Å². The summed E-state index contributed by atoms with van der Waals surface area (Å²) in [6.45, 7) is 6.33. The van der Waals surface area contributed by atoms with Crippen LogP contribution in [0.15, 0.2) is 42.5 Å². The van der Waals surface area contributed by atoms with Gasteiger partial charge in [0.05, 0.1) is 12.7 Å². The van der Waals surface area contributed by atoms with Crippen LogP contribution < -0.4 is 0 Å². The third kappa shape index (κ3) is 3.49. The lowest BCUT2D eigenvalue weighted by atomic mass is 9.84. The fraction of sp³-hybridized carbons (Fsp3) is 0.556. The van der Waals surface area contributed by atoms with Crippen molar-refractivity contribution in [1.29, 1.82) is 0 Å². The molecule has 2 aliphatic heterocycles. The number of aliphatic hydroxyl groups is 1. The first-order valence-corrected chi connectivity index (χ1v) is 7.93. The van der Waals surface area contributed by atoms with Gasteiger partial charge in [0, 0.05) is 18.6 Å². The molecule has 0 aromatic heterocycles. The van der Waals surface area contributed by atoms with E-state index in [0.717, 1.165) is 11.1 Å². The molecule has 1 aromatic rings. The van der Waals surface area contributed by atoms with Gasteiger partial charge in [-0.15, -0.1) is 6.58 Å². The van der Waals surface area contributed by atoms with Gasteiger partial charge in [-0.05, 0) is 13.3 Å². The highest BCUT2D eigenvalue weighted by Gasteiger charge is 2.49. The van der Waals surface area contributed by atoms with Crippen LogP contribution in [0.4, 0.5) is 0 Å². The van der Waals surface area contributed by atoms with Crippen LogP contribution in [0.3, 0.4) is 0 Å². The minimum atomic E-state index is -0.757. The van der Waals surface area contributed by atoms with Crippen molar-refractivity contribution in [2.45, 2.75) is 44.2 Å². The normalized spacial score (nSPS) is 37.2. The first-order chi connectivity index (χ1) is 11.1. The molecule has 0 unspecified atom stereocenters. The molecule has 0 radical (unpaired) electrons. The number of aliphatic hydroxyl groups excluding tert-OH is 1. The van der Waals surface area contributed by atoms with Crippen LogP contribution in [0, 0.1) is 5.92 Å². The Labute approximate surface area is 136 Å². The highest BCUT2D eigenvalue weighted by molar-refractivity contribution is 5.16. The van der Waals surface area contributed by atoms with E-state index in [1.54, 1.807) is 0 Å². The van der Waals surface area contributed by atoms with Crippen molar-refractivity contribution in [1.82, 2.24) is 0 Å². The van der Waals surface area contributed by atoms with Gasteiger partial charge in [-0.25, -0.2) is 0 Å². The quantitative estimate of drug-likeness (QED) is 0.864. The topological polar surface area (TPSA) is 57.2 Å². The van der Waals surface area contributed by atoms with E-state index in [2.05, 4.69) is 6.58 Å². The van der Waals surface area contributed by atoms with Crippen LogP contribution in [0.1, 0.15) is 25.2 Å². The highest BCUT2D eigenvalue weighted by atomic mass is 16.7. The molecular formula is C18H24O5. The summed E-state index contributed by atoms with van der Waals surface area (Å²) in [4.78, 5) is 0. The molecule has 5 nitrogen and oxygen atoms in total. The maximum atomic E-state index is 10.6. The smallest absolute Gasteiger partial charge is 0.184 e. The molecule has 2 aliphatic rings. The van der Waals surface area contributed by atoms with Gasteiger partial charge in [0.25, 0.3) is 0 Å². The molecule has 3 rings (SSSR count). The maximum absolute atomic E-state index is 10.6. The number of ether oxygens (including phenoxy) is 4. The Morgan fingerprint density at radius 2 is 2.04 bits per heavy atom. The Hall–Kier alpha value is -1.24. The summed E-state index contributed by atoms with van der Waals surface area (Å²) in [5, 5.41) is 10.6.